The van der Waals surface area contributed by atoms with Crippen molar-refractivity contribution in [3.8, 4) is 5.75 Å². The number of rotatable bonds is 1. The lowest BCUT2D eigenvalue weighted by molar-refractivity contribution is 0.357. The highest BCUT2D eigenvalue weighted by Gasteiger charge is 2.20. The van der Waals surface area contributed by atoms with Crippen molar-refractivity contribution in [2.24, 2.45) is 0 Å². The summed E-state index contributed by atoms with van der Waals surface area (Å²) < 4.78 is 5.59. The molecule has 0 saturated carbocycles. The Bertz CT molecular complexity index is 510. The molecular weight excluding hydrogens is 222 g/mol. The summed E-state index contributed by atoms with van der Waals surface area (Å²) >= 11 is 5.87. The third-order valence-corrected chi connectivity index (χ3v) is 2.90. The lowest BCUT2D eigenvalue weighted by Gasteiger charge is -2.16. The monoisotopic (exact) mass is 231 g/mol. The summed E-state index contributed by atoms with van der Waals surface area (Å²) in [5.74, 6) is 0.928. The van der Waals surface area contributed by atoms with E-state index in [9.17, 15) is 0 Å². The smallest absolute Gasteiger partial charge is 0.165 e. The number of anilines is 2. The minimum Gasteiger partial charge on any atom is -0.471 e. The molecule has 1 aliphatic heterocycles. The van der Waals surface area contributed by atoms with Crippen LogP contribution in [0.2, 0.25) is 5.02 Å². The van der Waals surface area contributed by atoms with Gasteiger partial charge in [0.15, 0.2) is 6.73 Å². The summed E-state index contributed by atoms with van der Waals surface area (Å²) in [6.07, 6.45) is 0. The zero-order valence-corrected chi connectivity index (χ0v) is 9.32. The van der Waals surface area contributed by atoms with Gasteiger partial charge in [-0.25, -0.2) is 0 Å². The number of hydrogen-bond donors (Lipinski definition) is 0. The molecule has 0 atom stereocenters. The molecule has 16 heavy (non-hydrogen) atoms. The minimum absolute atomic E-state index is 0.557. The van der Waals surface area contributed by atoms with Crippen molar-refractivity contribution in [1.29, 1.82) is 0 Å². The molecule has 0 N–H and O–H groups in total. The molecule has 2 aromatic rings. The van der Waals surface area contributed by atoms with Crippen molar-refractivity contribution in [2.45, 2.75) is 0 Å². The predicted octanol–water partition coefficient (Wildman–Crippen LogP) is 3.83. The number of nitrogens with zero attached hydrogens (tertiary/aromatic N) is 1. The number of halogens is 1. The first-order valence-corrected chi connectivity index (χ1v) is 5.47. The first-order chi connectivity index (χ1) is 7.84. The van der Waals surface area contributed by atoms with E-state index in [0.717, 1.165) is 22.1 Å². The summed E-state index contributed by atoms with van der Waals surface area (Å²) in [7, 11) is 0. The van der Waals surface area contributed by atoms with Crippen molar-refractivity contribution in [3.63, 3.8) is 0 Å². The molecule has 0 radical (unpaired) electrons. The zero-order valence-electron chi connectivity index (χ0n) is 8.56. The molecule has 3 heteroatoms. The normalized spacial score (nSPS) is 13.4. The maximum absolute atomic E-state index is 5.87. The maximum Gasteiger partial charge on any atom is 0.165 e. The van der Waals surface area contributed by atoms with Gasteiger partial charge in [-0.1, -0.05) is 23.7 Å². The van der Waals surface area contributed by atoms with Gasteiger partial charge in [0.1, 0.15) is 5.75 Å². The third kappa shape index (κ3) is 1.51. The van der Waals surface area contributed by atoms with Gasteiger partial charge >= 0.3 is 0 Å². The number of benzene rings is 2. The van der Waals surface area contributed by atoms with E-state index in [1.54, 1.807) is 0 Å². The van der Waals surface area contributed by atoms with Crippen LogP contribution in [0.25, 0.3) is 0 Å². The second kappa shape index (κ2) is 3.72. The van der Waals surface area contributed by atoms with Crippen LogP contribution in [0.5, 0.6) is 5.75 Å². The van der Waals surface area contributed by atoms with E-state index >= 15 is 0 Å². The zero-order chi connectivity index (χ0) is 11.0. The third-order valence-electron chi connectivity index (χ3n) is 2.64. The Hall–Kier alpha value is -1.67. The number of para-hydroxylation sites is 2. The average molecular weight is 232 g/mol. The van der Waals surface area contributed by atoms with Crippen LogP contribution in [0, 0.1) is 0 Å². The van der Waals surface area contributed by atoms with Gasteiger partial charge in [-0.3, -0.25) is 0 Å². The van der Waals surface area contributed by atoms with Crippen molar-refractivity contribution in [3.05, 3.63) is 53.6 Å². The van der Waals surface area contributed by atoms with E-state index in [0.29, 0.717) is 6.73 Å². The molecule has 0 amide bonds. The van der Waals surface area contributed by atoms with E-state index in [1.807, 2.05) is 42.5 Å². The van der Waals surface area contributed by atoms with E-state index in [1.165, 1.54) is 0 Å². The van der Waals surface area contributed by atoms with Gasteiger partial charge in [-0.15, -0.1) is 0 Å². The molecular formula is C13H10ClNO. The van der Waals surface area contributed by atoms with Crippen LogP contribution in [-0.2, 0) is 0 Å². The molecule has 0 fully saturated rings. The number of fused-ring (bicyclic) bond motifs is 1. The van der Waals surface area contributed by atoms with Gasteiger partial charge in [0.05, 0.1) is 5.69 Å². The van der Waals surface area contributed by atoms with E-state index in [2.05, 4.69) is 11.0 Å². The summed E-state index contributed by atoms with van der Waals surface area (Å²) in [5, 5.41) is 0.747. The van der Waals surface area contributed by atoms with Gasteiger partial charge in [0.25, 0.3) is 0 Å². The van der Waals surface area contributed by atoms with Crippen LogP contribution in [0.1, 0.15) is 0 Å². The summed E-state index contributed by atoms with van der Waals surface area (Å²) in [6, 6.07) is 15.8. The average Bonchev–Trinajstić information content (AvgIpc) is 2.74. The molecule has 0 aromatic heterocycles. The van der Waals surface area contributed by atoms with Crippen LogP contribution in [0.15, 0.2) is 48.5 Å². The fraction of sp³-hybridized carbons (Fsp3) is 0.0769. The maximum atomic E-state index is 5.87. The summed E-state index contributed by atoms with van der Waals surface area (Å²) in [4.78, 5) is 2.12. The summed E-state index contributed by atoms with van der Waals surface area (Å²) in [6.45, 7) is 0.557. The Balaban J connectivity index is 2.01. The highest BCUT2D eigenvalue weighted by atomic mass is 35.5. The molecule has 0 bridgehead atoms. The van der Waals surface area contributed by atoms with Crippen molar-refractivity contribution in [1.82, 2.24) is 0 Å². The predicted molar refractivity (Wildman–Crippen MR) is 65.5 cm³/mol. The molecule has 0 saturated heterocycles. The molecule has 1 aliphatic rings. The first-order valence-electron chi connectivity index (χ1n) is 5.09. The molecule has 2 aromatic carbocycles. The highest BCUT2D eigenvalue weighted by Crippen LogP contribution is 2.38. The topological polar surface area (TPSA) is 12.5 Å². The van der Waals surface area contributed by atoms with Gasteiger partial charge in [0, 0.05) is 10.7 Å². The van der Waals surface area contributed by atoms with Gasteiger partial charge in [-0.05, 0) is 36.4 Å². The number of ether oxygens (including phenoxy) is 1. The van der Waals surface area contributed by atoms with E-state index < -0.39 is 0 Å². The van der Waals surface area contributed by atoms with Crippen molar-refractivity contribution in [2.75, 3.05) is 11.6 Å². The molecule has 1 heterocycles. The van der Waals surface area contributed by atoms with Gasteiger partial charge < -0.3 is 9.64 Å². The lowest BCUT2D eigenvalue weighted by Crippen LogP contribution is -2.15. The quantitative estimate of drug-likeness (QED) is 0.740. The van der Waals surface area contributed by atoms with E-state index in [4.69, 9.17) is 16.3 Å². The van der Waals surface area contributed by atoms with Gasteiger partial charge in [0.2, 0.25) is 0 Å². The molecule has 3 rings (SSSR count). The first kappa shape index (κ1) is 9.55. The number of hydrogen-bond acceptors (Lipinski definition) is 2. The standard InChI is InChI=1S/C13H10ClNO/c14-10-5-7-11(8-6-10)15-9-16-13-4-2-1-3-12(13)15/h1-8H,9H2. The van der Waals surface area contributed by atoms with Crippen molar-refractivity contribution < 1.29 is 4.74 Å². The SMILES string of the molecule is Clc1ccc(N2COc3ccccc32)cc1. The molecule has 80 valence electrons. The minimum atomic E-state index is 0.557. The second-order valence-electron chi connectivity index (χ2n) is 3.65. The van der Waals surface area contributed by atoms with Crippen LogP contribution in [0.3, 0.4) is 0 Å². The van der Waals surface area contributed by atoms with Crippen LogP contribution < -0.4 is 9.64 Å². The molecule has 0 spiro atoms. The lowest BCUT2D eigenvalue weighted by atomic mass is 10.2. The highest BCUT2D eigenvalue weighted by molar-refractivity contribution is 6.30. The second-order valence-corrected chi connectivity index (χ2v) is 4.08. The fourth-order valence-corrected chi connectivity index (χ4v) is 1.97. The molecule has 2 nitrogen and oxygen atoms in total. The molecule has 0 unspecified atom stereocenters. The Labute approximate surface area is 99.0 Å². The summed E-state index contributed by atoms with van der Waals surface area (Å²) in [5.41, 5.74) is 2.19. The largest absolute Gasteiger partial charge is 0.471 e. The van der Waals surface area contributed by atoms with Crippen LogP contribution >= 0.6 is 11.6 Å². The molecule has 0 aliphatic carbocycles. The van der Waals surface area contributed by atoms with Crippen molar-refractivity contribution >= 4 is 23.0 Å². The Morgan fingerprint density at radius 2 is 1.75 bits per heavy atom. The van der Waals surface area contributed by atoms with Crippen LogP contribution in [-0.4, -0.2) is 6.73 Å². The Morgan fingerprint density at radius 1 is 1.00 bits per heavy atom. The Morgan fingerprint density at radius 3 is 2.56 bits per heavy atom. The van der Waals surface area contributed by atoms with E-state index in [-0.39, 0.29) is 0 Å². The van der Waals surface area contributed by atoms with Crippen LogP contribution in [0.4, 0.5) is 11.4 Å². The van der Waals surface area contributed by atoms with Gasteiger partial charge in [-0.2, -0.15) is 0 Å². The Kier molecular flexibility index (Phi) is 2.22. The fourth-order valence-electron chi connectivity index (χ4n) is 1.84.